The number of esters is 1. The lowest BCUT2D eigenvalue weighted by atomic mass is 9.74. The first kappa shape index (κ1) is 18.8. The van der Waals surface area contributed by atoms with Gasteiger partial charge in [-0.2, -0.15) is 0 Å². The molecule has 5 heteroatoms. The molecule has 0 heterocycles. The van der Waals surface area contributed by atoms with E-state index >= 15 is 0 Å². The van der Waals surface area contributed by atoms with E-state index in [4.69, 9.17) is 9.47 Å². The van der Waals surface area contributed by atoms with Gasteiger partial charge in [-0.05, 0) is 24.1 Å². The van der Waals surface area contributed by atoms with Gasteiger partial charge in [0.05, 0.1) is 13.0 Å². The topological polar surface area (TPSA) is 69.7 Å². The number of benzene rings is 2. The summed E-state index contributed by atoms with van der Waals surface area (Å²) in [6.07, 6.45) is -0.0893. The Balaban J connectivity index is 1.89. The van der Waals surface area contributed by atoms with E-state index in [0.29, 0.717) is 17.9 Å². The van der Waals surface area contributed by atoms with Crippen molar-refractivity contribution in [3.8, 4) is 5.75 Å². The largest absolute Gasteiger partial charge is 0.489 e. The minimum atomic E-state index is -0.968. The van der Waals surface area contributed by atoms with E-state index in [2.05, 4.69) is 0 Å². The SMILES string of the molecule is CCOC(=O)C1C(=O)CC(=O)CC1c1ccccc1OCc1ccccc1. The van der Waals surface area contributed by atoms with Crippen LogP contribution in [-0.2, 0) is 25.7 Å². The number of rotatable bonds is 6. The molecule has 0 amide bonds. The molecule has 0 N–H and O–H groups in total. The second-order valence-corrected chi connectivity index (χ2v) is 6.53. The van der Waals surface area contributed by atoms with E-state index < -0.39 is 17.8 Å². The van der Waals surface area contributed by atoms with Crippen molar-refractivity contribution in [3.63, 3.8) is 0 Å². The van der Waals surface area contributed by atoms with Gasteiger partial charge in [0, 0.05) is 12.3 Å². The molecule has 5 nitrogen and oxygen atoms in total. The molecule has 1 saturated carbocycles. The van der Waals surface area contributed by atoms with Gasteiger partial charge in [-0.1, -0.05) is 48.5 Å². The number of hydrogen-bond acceptors (Lipinski definition) is 5. The summed E-state index contributed by atoms with van der Waals surface area (Å²) in [4.78, 5) is 36.9. The maximum atomic E-state index is 12.4. The summed E-state index contributed by atoms with van der Waals surface area (Å²) in [5.41, 5.74) is 1.69. The predicted octanol–water partition coefficient (Wildman–Crippen LogP) is 3.46. The van der Waals surface area contributed by atoms with Gasteiger partial charge in [0.25, 0.3) is 0 Å². The van der Waals surface area contributed by atoms with Crippen molar-refractivity contribution in [2.75, 3.05) is 6.61 Å². The summed E-state index contributed by atoms with van der Waals surface area (Å²) in [5.74, 6) is -2.08. The highest BCUT2D eigenvalue weighted by Crippen LogP contribution is 2.39. The zero-order chi connectivity index (χ0) is 19.2. The van der Waals surface area contributed by atoms with Crippen LogP contribution in [-0.4, -0.2) is 24.1 Å². The zero-order valence-electron chi connectivity index (χ0n) is 15.2. The van der Waals surface area contributed by atoms with Crippen molar-refractivity contribution in [1.29, 1.82) is 0 Å². The minimum absolute atomic E-state index is 0.126. The van der Waals surface area contributed by atoms with E-state index in [9.17, 15) is 14.4 Å². The Hall–Kier alpha value is -2.95. The van der Waals surface area contributed by atoms with Crippen LogP contribution in [0.2, 0.25) is 0 Å². The highest BCUT2D eigenvalue weighted by molar-refractivity contribution is 6.11. The van der Waals surface area contributed by atoms with Crippen LogP contribution in [0.4, 0.5) is 0 Å². The Morgan fingerprint density at radius 2 is 1.74 bits per heavy atom. The molecule has 2 aromatic carbocycles. The predicted molar refractivity (Wildman–Crippen MR) is 99.3 cm³/mol. The van der Waals surface area contributed by atoms with Crippen LogP contribution < -0.4 is 4.74 Å². The molecular weight excluding hydrogens is 344 g/mol. The van der Waals surface area contributed by atoms with Crippen molar-refractivity contribution >= 4 is 17.5 Å². The number of carbonyl (C=O) groups excluding carboxylic acids is 3. The standard InChI is InChI=1S/C22H22O5/c1-2-26-22(25)21-18(12-16(23)13-19(21)24)17-10-6-7-11-20(17)27-14-15-8-4-3-5-9-15/h3-11,18,21H,2,12-14H2,1H3. The maximum Gasteiger partial charge on any atom is 0.317 e. The molecule has 0 spiro atoms. The first-order chi connectivity index (χ1) is 13.1. The molecule has 27 heavy (non-hydrogen) atoms. The summed E-state index contributed by atoms with van der Waals surface area (Å²) in [7, 11) is 0. The van der Waals surface area contributed by atoms with Gasteiger partial charge in [-0.25, -0.2) is 0 Å². The van der Waals surface area contributed by atoms with Crippen LogP contribution in [0.25, 0.3) is 0 Å². The van der Waals surface area contributed by atoms with Crippen LogP contribution in [0.1, 0.15) is 36.8 Å². The first-order valence-electron chi connectivity index (χ1n) is 9.06. The highest BCUT2D eigenvalue weighted by Gasteiger charge is 2.43. The molecular formula is C22H22O5. The van der Waals surface area contributed by atoms with Crippen molar-refractivity contribution in [3.05, 3.63) is 65.7 Å². The van der Waals surface area contributed by atoms with E-state index in [1.54, 1.807) is 13.0 Å². The van der Waals surface area contributed by atoms with Gasteiger partial charge >= 0.3 is 5.97 Å². The van der Waals surface area contributed by atoms with Crippen molar-refractivity contribution < 1.29 is 23.9 Å². The van der Waals surface area contributed by atoms with Crippen molar-refractivity contribution in [2.24, 2.45) is 5.92 Å². The highest BCUT2D eigenvalue weighted by atomic mass is 16.5. The van der Waals surface area contributed by atoms with Gasteiger partial charge in [0.1, 0.15) is 24.1 Å². The minimum Gasteiger partial charge on any atom is -0.489 e. The summed E-state index contributed by atoms with van der Waals surface area (Å²) in [6, 6.07) is 17.0. The van der Waals surface area contributed by atoms with Gasteiger partial charge < -0.3 is 9.47 Å². The smallest absolute Gasteiger partial charge is 0.317 e. The van der Waals surface area contributed by atoms with Crippen LogP contribution in [0.15, 0.2) is 54.6 Å². The average Bonchev–Trinajstić information content (AvgIpc) is 2.67. The molecule has 0 radical (unpaired) electrons. The van der Waals surface area contributed by atoms with E-state index in [-0.39, 0.29) is 31.0 Å². The van der Waals surface area contributed by atoms with E-state index in [0.717, 1.165) is 5.56 Å². The average molecular weight is 366 g/mol. The first-order valence-corrected chi connectivity index (χ1v) is 9.06. The van der Waals surface area contributed by atoms with Gasteiger partial charge in [0.15, 0.2) is 5.78 Å². The summed E-state index contributed by atoms with van der Waals surface area (Å²) >= 11 is 0. The third kappa shape index (κ3) is 4.42. The lowest BCUT2D eigenvalue weighted by Crippen LogP contribution is -2.38. The van der Waals surface area contributed by atoms with E-state index in [1.165, 1.54) is 0 Å². The van der Waals surface area contributed by atoms with Crippen molar-refractivity contribution in [1.82, 2.24) is 0 Å². The zero-order valence-corrected chi connectivity index (χ0v) is 15.2. The molecule has 0 bridgehead atoms. The molecule has 0 saturated heterocycles. The van der Waals surface area contributed by atoms with Crippen LogP contribution in [0.5, 0.6) is 5.75 Å². The van der Waals surface area contributed by atoms with Gasteiger partial charge in [0.2, 0.25) is 0 Å². The van der Waals surface area contributed by atoms with Crippen LogP contribution in [0.3, 0.4) is 0 Å². The Labute approximate surface area is 158 Å². The number of ether oxygens (including phenoxy) is 2. The summed E-state index contributed by atoms with van der Waals surface area (Å²) < 4.78 is 11.1. The molecule has 2 unspecified atom stereocenters. The second-order valence-electron chi connectivity index (χ2n) is 6.53. The monoisotopic (exact) mass is 366 g/mol. The summed E-state index contributed by atoms with van der Waals surface area (Å²) in [5, 5.41) is 0. The van der Waals surface area contributed by atoms with Crippen LogP contribution in [0, 0.1) is 5.92 Å². The number of para-hydroxylation sites is 1. The molecule has 1 fully saturated rings. The third-order valence-corrected chi connectivity index (χ3v) is 4.66. The molecule has 0 aliphatic heterocycles. The van der Waals surface area contributed by atoms with Gasteiger partial charge in [-0.15, -0.1) is 0 Å². The van der Waals surface area contributed by atoms with Crippen LogP contribution >= 0.6 is 0 Å². The number of carbonyl (C=O) groups is 3. The third-order valence-electron chi connectivity index (χ3n) is 4.66. The quantitative estimate of drug-likeness (QED) is 0.578. The van der Waals surface area contributed by atoms with Crippen molar-refractivity contribution in [2.45, 2.75) is 32.3 Å². The van der Waals surface area contributed by atoms with E-state index in [1.807, 2.05) is 48.5 Å². The fourth-order valence-corrected chi connectivity index (χ4v) is 3.43. The molecule has 2 aromatic rings. The molecule has 140 valence electrons. The molecule has 1 aliphatic carbocycles. The Morgan fingerprint density at radius 1 is 1.04 bits per heavy atom. The Kier molecular flexibility index (Phi) is 6.01. The maximum absolute atomic E-state index is 12.4. The molecule has 0 aromatic heterocycles. The second kappa shape index (κ2) is 8.62. The summed E-state index contributed by atoms with van der Waals surface area (Å²) in [6.45, 7) is 2.24. The lowest BCUT2D eigenvalue weighted by Gasteiger charge is -2.29. The number of ketones is 2. The molecule has 3 rings (SSSR count). The fourth-order valence-electron chi connectivity index (χ4n) is 3.43. The Bertz CT molecular complexity index is 828. The fraction of sp³-hybridized carbons (Fsp3) is 0.318. The van der Waals surface area contributed by atoms with Gasteiger partial charge in [-0.3, -0.25) is 14.4 Å². The number of hydrogen-bond donors (Lipinski definition) is 0. The lowest BCUT2D eigenvalue weighted by molar-refractivity contribution is -0.154. The molecule has 1 aliphatic rings. The molecule has 2 atom stereocenters. The normalized spacial score (nSPS) is 19.6. The number of Topliss-reactive ketones (excluding diaryl/α,β-unsaturated/α-hetero) is 2. The Morgan fingerprint density at radius 3 is 2.48 bits per heavy atom.